The molecule has 0 aromatic rings. The Morgan fingerprint density at radius 2 is 2.00 bits per heavy atom. The molecule has 0 aliphatic rings. The third kappa shape index (κ3) is 3.08. The molecule has 0 aromatic carbocycles. The van der Waals surface area contributed by atoms with E-state index in [0.717, 1.165) is 12.4 Å². The van der Waals surface area contributed by atoms with Gasteiger partial charge in [-0.3, -0.25) is 0 Å². The molecule has 0 amide bonds. The van der Waals surface area contributed by atoms with E-state index < -0.39 is 0 Å². The van der Waals surface area contributed by atoms with Crippen molar-refractivity contribution in [3.8, 4) is 0 Å². The molecule has 2 heteroatoms. The minimum Gasteiger partial charge on any atom is -0.356 e. The molecule has 0 atom stereocenters. The van der Waals surface area contributed by atoms with Crippen LogP contribution >= 0.6 is 0 Å². The summed E-state index contributed by atoms with van der Waals surface area (Å²) in [4.78, 5) is 0. The van der Waals surface area contributed by atoms with Gasteiger partial charge in [-0.1, -0.05) is 33.4 Å². The van der Waals surface area contributed by atoms with Crippen LogP contribution in [0.5, 0.6) is 0 Å². The second-order valence-corrected chi connectivity index (χ2v) is 2.59. The lowest BCUT2D eigenvalue weighted by Crippen LogP contribution is -2.32. The standard InChI is InChI=1S/C6H16BN/c1-5-8-7(4)6(2)3/h6,8H,5H2,1-4H3. The first-order valence-corrected chi connectivity index (χ1v) is 3.41. The molecule has 1 nitrogen and oxygen atoms in total. The molecule has 0 bridgehead atoms. The first kappa shape index (κ1) is 8.02. The zero-order valence-electron chi connectivity index (χ0n) is 6.36. The molecule has 0 rings (SSSR count). The van der Waals surface area contributed by atoms with Gasteiger partial charge in [0.15, 0.2) is 0 Å². The van der Waals surface area contributed by atoms with E-state index in [1.54, 1.807) is 0 Å². The maximum atomic E-state index is 3.34. The first-order chi connectivity index (χ1) is 3.68. The van der Waals surface area contributed by atoms with E-state index in [9.17, 15) is 0 Å². The molecule has 0 heterocycles. The van der Waals surface area contributed by atoms with Crippen molar-refractivity contribution in [2.24, 2.45) is 0 Å². The Morgan fingerprint density at radius 1 is 1.50 bits per heavy atom. The molecule has 1 N–H and O–H groups in total. The normalized spacial score (nSPS) is 10.1. The number of nitrogens with one attached hydrogen (secondary N) is 1. The second-order valence-electron chi connectivity index (χ2n) is 2.59. The van der Waals surface area contributed by atoms with Crippen molar-refractivity contribution in [1.29, 1.82) is 0 Å². The number of hydrogen-bond acceptors (Lipinski definition) is 1. The van der Waals surface area contributed by atoms with Crippen LogP contribution in [0.2, 0.25) is 12.6 Å². The van der Waals surface area contributed by atoms with Crippen LogP contribution in [0.25, 0.3) is 0 Å². The van der Waals surface area contributed by atoms with Crippen LogP contribution in [0.3, 0.4) is 0 Å². The third-order valence-corrected chi connectivity index (χ3v) is 1.53. The molecule has 0 spiro atoms. The molecule has 0 fully saturated rings. The van der Waals surface area contributed by atoms with E-state index in [2.05, 4.69) is 32.8 Å². The van der Waals surface area contributed by atoms with Crippen molar-refractivity contribution in [2.45, 2.75) is 33.4 Å². The van der Waals surface area contributed by atoms with Crippen molar-refractivity contribution in [2.75, 3.05) is 6.54 Å². The van der Waals surface area contributed by atoms with Gasteiger partial charge in [-0.25, -0.2) is 0 Å². The van der Waals surface area contributed by atoms with E-state index in [0.29, 0.717) is 6.85 Å². The van der Waals surface area contributed by atoms with Crippen molar-refractivity contribution in [1.82, 2.24) is 5.23 Å². The lowest BCUT2D eigenvalue weighted by molar-refractivity contribution is 0.917. The molecule has 0 unspecified atom stereocenters. The Balaban J connectivity index is 3.17. The molecular formula is C6H16BN. The highest BCUT2D eigenvalue weighted by molar-refractivity contribution is 6.55. The molecule has 0 aromatic heterocycles. The van der Waals surface area contributed by atoms with Gasteiger partial charge in [0.2, 0.25) is 6.85 Å². The highest BCUT2D eigenvalue weighted by atomic mass is 14.8. The SMILES string of the molecule is CCNB(C)C(C)C. The summed E-state index contributed by atoms with van der Waals surface area (Å²) >= 11 is 0. The van der Waals surface area contributed by atoms with Gasteiger partial charge in [0.25, 0.3) is 0 Å². The van der Waals surface area contributed by atoms with Crippen LogP contribution in [0.15, 0.2) is 0 Å². The zero-order valence-corrected chi connectivity index (χ0v) is 6.36. The topological polar surface area (TPSA) is 12.0 Å². The van der Waals surface area contributed by atoms with Crippen LogP contribution in [-0.2, 0) is 0 Å². The second kappa shape index (κ2) is 3.96. The average molecular weight is 113 g/mol. The predicted molar refractivity (Wildman–Crippen MR) is 40.4 cm³/mol. The monoisotopic (exact) mass is 113 g/mol. The fourth-order valence-corrected chi connectivity index (χ4v) is 0.558. The van der Waals surface area contributed by atoms with E-state index in [1.165, 1.54) is 0 Å². The summed E-state index contributed by atoms with van der Waals surface area (Å²) in [5, 5.41) is 3.34. The van der Waals surface area contributed by atoms with Gasteiger partial charge in [-0.15, -0.1) is 0 Å². The third-order valence-electron chi connectivity index (χ3n) is 1.53. The quantitative estimate of drug-likeness (QED) is 0.548. The summed E-state index contributed by atoms with van der Waals surface area (Å²) in [5.74, 6) is 0.759. The smallest absolute Gasteiger partial charge is 0.219 e. The highest BCUT2D eigenvalue weighted by Gasteiger charge is 2.08. The predicted octanol–water partition coefficient (Wildman–Crippen LogP) is 1.63. The largest absolute Gasteiger partial charge is 0.356 e. The van der Waals surface area contributed by atoms with Crippen molar-refractivity contribution < 1.29 is 0 Å². The molecule has 48 valence electrons. The molecule has 0 radical (unpaired) electrons. The van der Waals surface area contributed by atoms with Gasteiger partial charge in [0.1, 0.15) is 0 Å². The van der Waals surface area contributed by atoms with Gasteiger partial charge >= 0.3 is 0 Å². The maximum absolute atomic E-state index is 3.34. The fourth-order valence-electron chi connectivity index (χ4n) is 0.558. The molecule has 0 saturated carbocycles. The average Bonchev–Trinajstić information content (AvgIpc) is 1.67. The Bertz CT molecular complexity index is 54.5. The van der Waals surface area contributed by atoms with Crippen molar-refractivity contribution in [3.63, 3.8) is 0 Å². The van der Waals surface area contributed by atoms with Crippen molar-refractivity contribution >= 4 is 6.85 Å². The number of hydrogen-bond donors (Lipinski definition) is 1. The minimum absolute atomic E-state index is 0.667. The summed E-state index contributed by atoms with van der Waals surface area (Å²) in [6.45, 7) is 10.6. The molecule has 8 heavy (non-hydrogen) atoms. The van der Waals surface area contributed by atoms with Crippen LogP contribution < -0.4 is 5.23 Å². The molecular weight excluding hydrogens is 96.9 g/mol. The molecule has 0 aliphatic heterocycles. The Morgan fingerprint density at radius 3 is 2.12 bits per heavy atom. The summed E-state index contributed by atoms with van der Waals surface area (Å²) in [5.41, 5.74) is 0. The highest BCUT2D eigenvalue weighted by Crippen LogP contribution is 2.02. The molecule has 0 saturated heterocycles. The lowest BCUT2D eigenvalue weighted by Gasteiger charge is -2.10. The molecule has 0 aliphatic carbocycles. The van der Waals surface area contributed by atoms with Crippen LogP contribution in [0, 0.1) is 0 Å². The summed E-state index contributed by atoms with van der Waals surface area (Å²) < 4.78 is 0. The maximum Gasteiger partial charge on any atom is 0.219 e. The Labute approximate surface area is 53.0 Å². The van der Waals surface area contributed by atoms with E-state index in [-0.39, 0.29) is 0 Å². The van der Waals surface area contributed by atoms with E-state index in [4.69, 9.17) is 0 Å². The van der Waals surface area contributed by atoms with Gasteiger partial charge in [0, 0.05) is 0 Å². The van der Waals surface area contributed by atoms with Gasteiger partial charge < -0.3 is 5.23 Å². The van der Waals surface area contributed by atoms with E-state index >= 15 is 0 Å². The van der Waals surface area contributed by atoms with Crippen LogP contribution in [-0.4, -0.2) is 13.4 Å². The lowest BCUT2D eigenvalue weighted by atomic mass is 9.55. The van der Waals surface area contributed by atoms with Crippen LogP contribution in [0.1, 0.15) is 20.8 Å². The van der Waals surface area contributed by atoms with Crippen molar-refractivity contribution in [3.05, 3.63) is 0 Å². The number of rotatable bonds is 3. The minimum atomic E-state index is 0.667. The van der Waals surface area contributed by atoms with Gasteiger partial charge in [0.05, 0.1) is 0 Å². The summed E-state index contributed by atoms with van der Waals surface area (Å²) in [6, 6.07) is 0. The summed E-state index contributed by atoms with van der Waals surface area (Å²) in [7, 11) is 0. The Kier molecular flexibility index (Phi) is 3.97. The fraction of sp³-hybridized carbons (Fsp3) is 1.00. The summed E-state index contributed by atoms with van der Waals surface area (Å²) in [6.07, 6.45) is 0. The van der Waals surface area contributed by atoms with Gasteiger partial charge in [-0.2, -0.15) is 0 Å². The Hall–Kier alpha value is 0.0249. The first-order valence-electron chi connectivity index (χ1n) is 3.41. The van der Waals surface area contributed by atoms with Crippen LogP contribution in [0.4, 0.5) is 0 Å². The van der Waals surface area contributed by atoms with E-state index in [1.807, 2.05) is 0 Å². The zero-order chi connectivity index (χ0) is 6.57. The van der Waals surface area contributed by atoms with Gasteiger partial charge in [-0.05, 0) is 6.54 Å².